The highest BCUT2D eigenvalue weighted by Crippen LogP contribution is 2.09. The Labute approximate surface area is 62.1 Å². The summed E-state index contributed by atoms with van der Waals surface area (Å²) in [5, 5.41) is 16.7. The van der Waals surface area contributed by atoms with Gasteiger partial charge < -0.3 is 0 Å². The van der Waals surface area contributed by atoms with E-state index in [2.05, 4.69) is 13.8 Å². The van der Waals surface area contributed by atoms with Crippen molar-refractivity contribution < 1.29 is 0 Å². The molecular weight excluding hydrogens is 124 g/mol. The van der Waals surface area contributed by atoms with E-state index in [4.69, 9.17) is 10.5 Å². The van der Waals surface area contributed by atoms with E-state index >= 15 is 0 Å². The standard InChI is InChI=1S/C8H12N2/c1-7(2)3-4-8(5-9)6-10/h7-8H,3-4H2,1-2H3. The van der Waals surface area contributed by atoms with Crippen molar-refractivity contribution in [1.29, 1.82) is 10.5 Å². The Balaban J connectivity index is 3.51. The number of nitrogens with zero attached hydrogens (tertiary/aromatic N) is 2. The second-order valence-corrected chi connectivity index (χ2v) is 2.78. The summed E-state index contributed by atoms with van der Waals surface area (Å²) in [4.78, 5) is 0. The van der Waals surface area contributed by atoms with Crippen LogP contribution in [0.2, 0.25) is 0 Å². The highest BCUT2D eigenvalue weighted by atomic mass is 14.3. The van der Waals surface area contributed by atoms with Crippen molar-refractivity contribution in [2.45, 2.75) is 26.7 Å². The van der Waals surface area contributed by atoms with E-state index in [-0.39, 0.29) is 0 Å². The zero-order chi connectivity index (χ0) is 7.98. The topological polar surface area (TPSA) is 47.6 Å². The van der Waals surface area contributed by atoms with Gasteiger partial charge >= 0.3 is 0 Å². The number of hydrogen-bond donors (Lipinski definition) is 0. The molecule has 0 aliphatic carbocycles. The number of hydrogen-bond acceptors (Lipinski definition) is 2. The van der Waals surface area contributed by atoms with Crippen LogP contribution in [-0.4, -0.2) is 0 Å². The first-order chi connectivity index (χ1) is 4.70. The fourth-order valence-electron chi connectivity index (χ4n) is 0.658. The summed E-state index contributed by atoms with van der Waals surface area (Å²) in [6.45, 7) is 4.18. The average molecular weight is 136 g/mol. The van der Waals surface area contributed by atoms with E-state index < -0.39 is 5.92 Å². The van der Waals surface area contributed by atoms with Gasteiger partial charge in [-0.3, -0.25) is 0 Å². The van der Waals surface area contributed by atoms with E-state index in [1.807, 2.05) is 12.1 Å². The van der Waals surface area contributed by atoms with Gasteiger partial charge in [0.2, 0.25) is 0 Å². The minimum atomic E-state index is -0.401. The predicted molar refractivity (Wildman–Crippen MR) is 38.8 cm³/mol. The summed E-state index contributed by atoms with van der Waals surface area (Å²) in [6.07, 6.45) is 1.68. The normalized spacial score (nSPS) is 9.40. The number of nitriles is 2. The SMILES string of the molecule is CC(C)CCC(C#N)C#N. The van der Waals surface area contributed by atoms with Gasteiger partial charge in [0.25, 0.3) is 0 Å². The Morgan fingerprint density at radius 2 is 1.60 bits per heavy atom. The molecule has 2 heteroatoms. The molecule has 10 heavy (non-hydrogen) atoms. The Kier molecular flexibility index (Phi) is 4.33. The lowest BCUT2D eigenvalue weighted by atomic mass is 10.0. The van der Waals surface area contributed by atoms with Crippen molar-refractivity contribution in [3.05, 3.63) is 0 Å². The van der Waals surface area contributed by atoms with Crippen LogP contribution in [0.25, 0.3) is 0 Å². The van der Waals surface area contributed by atoms with Gasteiger partial charge in [-0.2, -0.15) is 10.5 Å². The van der Waals surface area contributed by atoms with Crippen molar-refractivity contribution in [1.82, 2.24) is 0 Å². The van der Waals surface area contributed by atoms with Gasteiger partial charge in [-0.05, 0) is 18.8 Å². The third-order valence-corrected chi connectivity index (χ3v) is 1.34. The summed E-state index contributed by atoms with van der Waals surface area (Å²) >= 11 is 0. The molecule has 0 fully saturated rings. The molecule has 0 aromatic rings. The first-order valence-electron chi connectivity index (χ1n) is 3.50. The smallest absolute Gasteiger partial charge is 0.133 e. The van der Waals surface area contributed by atoms with Crippen molar-refractivity contribution in [3.63, 3.8) is 0 Å². The molecule has 0 atom stereocenters. The Morgan fingerprint density at radius 1 is 1.10 bits per heavy atom. The average Bonchev–Trinajstić information content (AvgIpc) is 1.90. The van der Waals surface area contributed by atoms with Crippen LogP contribution in [0, 0.1) is 34.5 Å². The largest absolute Gasteiger partial charge is 0.197 e. The first kappa shape index (κ1) is 8.98. The second-order valence-electron chi connectivity index (χ2n) is 2.78. The van der Waals surface area contributed by atoms with Crippen LogP contribution in [0.15, 0.2) is 0 Å². The Bertz CT molecular complexity index is 145. The summed E-state index contributed by atoms with van der Waals surface area (Å²) in [6, 6.07) is 3.89. The third-order valence-electron chi connectivity index (χ3n) is 1.34. The molecule has 0 radical (unpaired) electrons. The molecule has 0 saturated carbocycles. The summed E-state index contributed by atoms with van der Waals surface area (Å²) in [5.41, 5.74) is 0. The quantitative estimate of drug-likeness (QED) is 0.596. The van der Waals surface area contributed by atoms with Gasteiger partial charge in [0.1, 0.15) is 5.92 Å². The zero-order valence-corrected chi connectivity index (χ0v) is 6.46. The van der Waals surface area contributed by atoms with Gasteiger partial charge in [0.05, 0.1) is 12.1 Å². The molecule has 0 amide bonds. The summed E-state index contributed by atoms with van der Waals surface area (Å²) in [7, 11) is 0. The Hall–Kier alpha value is -1.02. The minimum Gasteiger partial charge on any atom is -0.197 e. The molecule has 0 bridgehead atoms. The summed E-state index contributed by atoms with van der Waals surface area (Å²) in [5.74, 6) is 0.187. The molecular formula is C8H12N2. The maximum Gasteiger partial charge on any atom is 0.133 e. The molecule has 54 valence electrons. The van der Waals surface area contributed by atoms with Crippen LogP contribution in [0.4, 0.5) is 0 Å². The van der Waals surface area contributed by atoms with E-state index in [9.17, 15) is 0 Å². The van der Waals surface area contributed by atoms with Crippen molar-refractivity contribution in [3.8, 4) is 12.1 Å². The molecule has 0 aliphatic heterocycles. The van der Waals surface area contributed by atoms with Crippen molar-refractivity contribution >= 4 is 0 Å². The molecule has 0 N–H and O–H groups in total. The lowest BCUT2D eigenvalue weighted by molar-refractivity contribution is 0.531. The molecule has 0 saturated heterocycles. The molecule has 0 rings (SSSR count). The maximum absolute atomic E-state index is 8.37. The molecule has 0 unspecified atom stereocenters. The van der Waals surface area contributed by atoms with Crippen LogP contribution in [-0.2, 0) is 0 Å². The molecule has 0 aromatic heterocycles. The van der Waals surface area contributed by atoms with Gasteiger partial charge in [-0.1, -0.05) is 13.8 Å². The monoisotopic (exact) mass is 136 g/mol. The van der Waals surface area contributed by atoms with Crippen molar-refractivity contribution in [2.75, 3.05) is 0 Å². The highest BCUT2D eigenvalue weighted by molar-refractivity contribution is 4.98. The second kappa shape index (κ2) is 4.82. The van der Waals surface area contributed by atoms with Crippen LogP contribution in [0.3, 0.4) is 0 Å². The van der Waals surface area contributed by atoms with E-state index in [0.717, 1.165) is 6.42 Å². The third kappa shape index (κ3) is 3.92. The van der Waals surface area contributed by atoms with E-state index in [1.54, 1.807) is 0 Å². The molecule has 0 aromatic carbocycles. The van der Waals surface area contributed by atoms with Crippen LogP contribution in [0.1, 0.15) is 26.7 Å². The summed E-state index contributed by atoms with van der Waals surface area (Å²) < 4.78 is 0. The molecule has 0 aliphatic rings. The molecule has 0 heterocycles. The zero-order valence-electron chi connectivity index (χ0n) is 6.46. The Morgan fingerprint density at radius 3 is 1.90 bits per heavy atom. The van der Waals surface area contributed by atoms with Gasteiger partial charge in [0.15, 0.2) is 0 Å². The van der Waals surface area contributed by atoms with E-state index in [1.165, 1.54) is 0 Å². The van der Waals surface area contributed by atoms with Crippen LogP contribution < -0.4 is 0 Å². The molecule has 0 spiro atoms. The first-order valence-corrected chi connectivity index (χ1v) is 3.50. The van der Waals surface area contributed by atoms with Gasteiger partial charge in [-0.25, -0.2) is 0 Å². The van der Waals surface area contributed by atoms with Crippen molar-refractivity contribution in [2.24, 2.45) is 11.8 Å². The highest BCUT2D eigenvalue weighted by Gasteiger charge is 2.05. The minimum absolute atomic E-state index is 0.401. The maximum atomic E-state index is 8.37. The van der Waals surface area contributed by atoms with Gasteiger partial charge in [-0.15, -0.1) is 0 Å². The van der Waals surface area contributed by atoms with Crippen LogP contribution >= 0.6 is 0 Å². The lowest BCUT2D eigenvalue weighted by Gasteiger charge is -2.02. The fraction of sp³-hybridized carbons (Fsp3) is 0.750. The van der Waals surface area contributed by atoms with Gasteiger partial charge in [0, 0.05) is 0 Å². The van der Waals surface area contributed by atoms with Crippen LogP contribution in [0.5, 0.6) is 0 Å². The lowest BCUT2D eigenvalue weighted by Crippen LogP contribution is -1.95. The number of rotatable bonds is 3. The predicted octanol–water partition coefficient (Wildman–Crippen LogP) is 2.09. The molecule has 2 nitrogen and oxygen atoms in total. The fourth-order valence-corrected chi connectivity index (χ4v) is 0.658. The van der Waals surface area contributed by atoms with E-state index in [0.29, 0.717) is 12.3 Å².